The Morgan fingerprint density at radius 1 is 1.03 bits per heavy atom. The van der Waals surface area contributed by atoms with Crippen LogP contribution in [0.15, 0.2) is 29.2 Å². The van der Waals surface area contributed by atoms with Gasteiger partial charge in [0.2, 0.25) is 10.0 Å². The monoisotopic (exact) mass is 444 g/mol. The molecule has 1 aliphatic carbocycles. The zero-order chi connectivity index (χ0) is 20.9. The lowest BCUT2D eigenvalue weighted by molar-refractivity contribution is 0.0993. The lowest BCUT2D eigenvalue weighted by atomic mass is 9.90. The molecule has 160 valence electrons. The summed E-state index contributed by atoms with van der Waals surface area (Å²) < 4.78 is 27.6. The van der Waals surface area contributed by atoms with E-state index in [-0.39, 0.29) is 5.91 Å². The summed E-state index contributed by atoms with van der Waals surface area (Å²) in [5.41, 5.74) is 3.15. The lowest BCUT2D eigenvalue weighted by Crippen LogP contribution is -2.35. The van der Waals surface area contributed by atoms with E-state index < -0.39 is 10.0 Å². The number of aryl methyl sites for hydroxylation is 1. The summed E-state index contributed by atoms with van der Waals surface area (Å²) >= 11 is 1.64. The normalized spacial score (nSPS) is 22.0. The van der Waals surface area contributed by atoms with Crippen molar-refractivity contribution in [3.63, 3.8) is 0 Å². The molecule has 2 aromatic rings. The number of nitrogens with zero attached hydrogens (tertiary/aromatic N) is 2. The summed E-state index contributed by atoms with van der Waals surface area (Å²) in [7, 11) is -3.45. The number of thiophene rings is 1. The molecule has 1 fully saturated rings. The maximum absolute atomic E-state index is 13.2. The molecule has 5 nitrogen and oxygen atoms in total. The first-order valence-corrected chi connectivity index (χ1v) is 13.3. The number of anilines is 1. The van der Waals surface area contributed by atoms with Crippen LogP contribution in [0.5, 0.6) is 0 Å². The molecule has 1 amide bonds. The second-order valence-electron chi connectivity index (χ2n) is 8.87. The Hall–Kier alpha value is -1.70. The third-order valence-electron chi connectivity index (χ3n) is 6.68. The van der Waals surface area contributed by atoms with Crippen LogP contribution in [0.2, 0.25) is 0 Å². The Kier molecular flexibility index (Phi) is 5.24. The standard InChI is InChI=1S/C23H28N2O3S2/c1-16-5-8-21-18(13-16)15-22(29-21)23(26)25-12-9-17-14-19(6-7-20(17)25)30(27,28)24-10-3-2-4-11-24/h6-7,14-16H,2-5,8-13H2,1H3. The number of piperidine rings is 1. The molecule has 0 radical (unpaired) electrons. The maximum atomic E-state index is 13.2. The molecule has 3 aliphatic rings. The van der Waals surface area contributed by atoms with Crippen molar-refractivity contribution in [3.8, 4) is 0 Å². The first kappa shape index (κ1) is 20.2. The molecule has 1 aromatic heterocycles. The number of hydrogen-bond donors (Lipinski definition) is 0. The fourth-order valence-corrected chi connectivity index (χ4v) is 7.67. The predicted octanol–water partition coefficient (Wildman–Crippen LogP) is 4.25. The molecule has 7 heteroatoms. The average Bonchev–Trinajstić information content (AvgIpc) is 3.37. The number of fused-ring (bicyclic) bond motifs is 2. The minimum atomic E-state index is -3.45. The summed E-state index contributed by atoms with van der Waals surface area (Å²) in [6.07, 6.45) is 6.98. The highest BCUT2D eigenvalue weighted by Gasteiger charge is 2.31. The van der Waals surface area contributed by atoms with Crippen LogP contribution in [0.25, 0.3) is 0 Å². The van der Waals surface area contributed by atoms with Gasteiger partial charge >= 0.3 is 0 Å². The summed E-state index contributed by atoms with van der Waals surface area (Å²) in [6, 6.07) is 7.38. The molecule has 1 atom stereocenters. The molecular formula is C23H28N2O3S2. The number of amides is 1. The molecule has 2 aliphatic heterocycles. The van der Waals surface area contributed by atoms with Crippen molar-refractivity contribution in [1.82, 2.24) is 4.31 Å². The van der Waals surface area contributed by atoms with E-state index in [2.05, 4.69) is 13.0 Å². The zero-order valence-electron chi connectivity index (χ0n) is 17.4. The van der Waals surface area contributed by atoms with Crippen molar-refractivity contribution >= 4 is 33.0 Å². The van der Waals surface area contributed by atoms with Crippen LogP contribution in [0.1, 0.15) is 58.3 Å². The smallest absolute Gasteiger partial charge is 0.268 e. The van der Waals surface area contributed by atoms with Gasteiger partial charge < -0.3 is 4.90 Å². The van der Waals surface area contributed by atoms with Gasteiger partial charge in [0, 0.05) is 30.2 Å². The Bertz CT molecular complexity index is 1080. The van der Waals surface area contributed by atoms with Crippen LogP contribution in [-0.2, 0) is 29.3 Å². The topological polar surface area (TPSA) is 57.7 Å². The average molecular weight is 445 g/mol. The molecule has 1 aromatic carbocycles. The van der Waals surface area contributed by atoms with Crippen molar-refractivity contribution in [3.05, 3.63) is 45.1 Å². The van der Waals surface area contributed by atoms with Crippen LogP contribution in [0.4, 0.5) is 5.69 Å². The Labute approximate surface area is 182 Å². The van der Waals surface area contributed by atoms with Crippen LogP contribution >= 0.6 is 11.3 Å². The fourth-order valence-electron chi connectivity index (χ4n) is 4.95. The number of carbonyl (C=O) groups is 1. The molecule has 5 rings (SSSR count). The number of benzene rings is 1. The van der Waals surface area contributed by atoms with E-state index in [0.717, 1.165) is 48.2 Å². The zero-order valence-corrected chi connectivity index (χ0v) is 19.0. The summed E-state index contributed by atoms with van der Waals surface area (Å²) in [6.45, 7) is 4.09. The molecule has 0 spiro atoms. The summed E-state index contributed by atoms with van der Waals surface area (Å²) in [4.78, 5) is 17.6. The van der Waals surface area contributed by atoms with Crippen LogP contribution in [-0.4, -0.2) is 38.3 Å². The number of sulfonamides is 1. The number of rotatable bonds is 3. The van der Waals surface area contributed by atoms with E-state index in [4.69, 9.17) is 0 Å². The van der Waals surface area contributed by atoms with E-state index in [1.54, 1.807) is 27.8 Å². The minimum absolute atomic E-state index is 0.0486. The highest BCUT2D eigenvalue weighted by atomic mass is 32.2. The second-order valence-corrected chi connectivity index (χ2v) is 11.9. The minimum Gasteiger partial charge on any atom is -0.307 e. The van der Waals surface area contributed by atoms with Gasteiger partial charge in [0.1, 0.15) is 0 Å². The third-order valence-corrected chi connectivity index (χ3v) is 9.80. The van der Waals surface area contributed by atoms with Crippen molar-refractivity contribution < 1.29 is 13.2 Å². The molecule has 0 bridgehead atoms. The third kappa shape index (κ3) is 3.51. The highest BCUT2D eigenvalue weighted by Crippen LogP contribution is 2.36. The van der Waals surface area contributed by atoms with Gasteiger partial charge in [-0.05, 0) is 79.8 Å². The van der Waals surface area contributed by atoms with Crippen molar-refractivity contribution in [2.45, 2.75) is 56.8 Å². The largest absolute Gasteiger partial charge is 0.307 e. The molecule has 30 heavy (non-hydrogen) atoms. The van der Waals surface area contributed by atoms with Gasteiger partial charge in [-0.3, -0.25) is 4.79 Å². The molecule has 1 saturated heterocycles. The van der Waals surface area contributed by atoms with Gasteiger partial charge in [0.05, 0.1) is 9.77 Å². The lowest BCUT2D eigenvalue weighted by Gasteiger charge is -2.26. The van der Waals surface area contributed by atoms with Gasteiger partial charge in [-0.15, -0.1) is 11.3 Å². The molecule has 1 unspecified atom stereocenters. The summed E-state index contributed by atoms with van der Waals surface area (Å²) in [5.74, 6) is 0.732. The number of carbonyl (C=O) groups excluding carboxylic acids is 1. The predicted molar refractivity (Wildman–Crippen MR) is 120 cm³/mol. The maximum Gasteiger partial charge on any atom is 0.268 e. The molecular weight excluding hydrogens is 416 g/mol. The SMILES string of the molecule is CC1CCc2sc(C(=O)N3CCc4cc(S(=O)(=O)N5CCCCC5)ccc43)cc2C1. The quantitative estimate of drug-likeness (QED) is 0.711. The second kappa shape index (κ2) is 7.77. The van der Waals surface area contributed by atoms with Gasteiger partial charge in [-0.1, -0.05) is 13.3 Å². The van der Waals surface area contributed by atoms with E-state index in [1.807, 2.05) is 11.0 Å². The molecule has 0 saturated carbocycles. The number of hydrogen-bond acceptors (Lipinski definition) is 4. The fraction of sp³-hybridized carbons (Fsp3) is 0.522. The van der Waals surface area contributed by atoms with Crippen molar-refractivity contribution in [2.24, 2.45) is 5.92 Å². The first-order valence-electron chi connectivity index (χ1n) is 11.0. The molecule has 3 heterocycles. The Balaban J connectivity index is 1.39. The Morgan fingerprint density at radius 3 is 2.63 bits per heavy atom. The van der Waals surface area contributed by atoms with E-state index >= 15 is 0 Å². The molecule has 0 N–H and O–H groups in total. The highest BCUT2D eigenvalue weighted by molar-refractivity contribution is 7.89. The van der Waals surface area contributed by atoms with E-state index in [0.29, 0.717) is 36.9 Å². The van der Waals surface area contributed by atoms with Gasteiger partial charge in [-0.25, -0.2) is 8.42 Å². The Morgan fingerprint density at radius 2 is 1.83 bits per heavy atom. The van der Waals surface area contributed by atoms with Crippen LogP contribution in [0, 0.1) is 5.92 Å². The van der Waals surface area contributed by atoms with E-state index in [9.17, 15) is 13.2 Å². The van der Waals surface area contributed by atoms with Gasteiger partial charge in [-0.2, -0.15) is 4.31 Å². The first-order chi connectivity index (χ1) is 14.4. The van der Waals surface area contributed by atoms with Crippen molar-refractivity contribution in [2.75, 3.05) is 24.5 Å². The van der Waals surface area contributed by atoms with Gasteiger partial charge in [0.15, 0.2) is 0 Å². The van der Waals surface area contributed by atoms with E-state index in [1.165, 1.54) is 16.9 Å². The van der Waals surface area contributed by atoms with Crippen LogP contribution < -0.4 is 4.90 Å². The van der Waals surface area contributed by atoms with Crippen LogP contribution in [0.3, 0.4) is 0 Å². The van der Waals surface area contributed by atoms with Gasteiger partial charge in [0.25, 0.3) is 5.91 Å². The summed E-state index contributed by atoms with van der Waals surface area (Å²) in [5, 5.41) is 0. The van der Waals surface area contributed by atoms with Crippen molar-refractivity contribution in [1.29, 1.82) is 0 Å².